The first-order valence-corrected chi connectivity index (χ1v) is 6.35. The van der Waals surface area contributed by atoms with Crippen LogP contribution in [-0.4, -0.2) is 37.1 Å². The molecule has 0 radical (unpaired) electrons. The average Bonchev–Trinajstić information content (AvgIpc) is 2.71. The lowest BCUT2D eigenvalue weighted by atomic mass is 9.98. The fourth-order valence-corrected chi connectivity index (χ4v) is 2.96. The lowest BCUT2D eigenvalue weighted by Crippen LogP contribution is -2.42. The molecule has 0 unspecified atom stereocenters. The molecule has 0 aromatic heterocycles. The van der Waals surface area contributed by atoms with Gasteiger partial charge in [0.2, 0.25) is 0 Å². The predicted molar refractivity (Wildman–Crippen MR) is 60.5 cm³/mol. The topological polar surface area (TPSA) is 15.3 Å². The second-order valence-electron chi connectivity index (χ2n) is 4.91. The van der Waals surface area contributed by atoms with E-state index in [-0.39, 0.29) is 0 Å². The van der Waals surface area contributed by atoms with Crippen molar-refractivity contribution in [2.45, 2.75) is 45.1 Å². The summed E-state index contributed by atoms with van der Waals surface area (Å²) in [7, 11) is 0. The van der Waals surface area contributed by atoms with E-state index in [4.69, 9.17) is 0 Å². The zero-order chi connectivity index (χ0) is 9.80. The summed E-state index contributed by atoms with van der Waals surface area (Å²) in [4.78, 5) is 2.75. The Balaban J connectivity index is 1.81. The molecule has 0 saturated carbocycles. The third-order valence-corrected chi connectivity index (χ3v) is 3.88. The van der Waals surface area contributed by atoms with Crippen LogP contribution < -0.4 is 5.32 Å². The Bertz CT molecular complexity index is 164. The Morgan fingerprint density at radius 3 is 2.93 bits per heavy atom. The second kappa shape index (κ2) is 5.13. The maximum atomic E-state index is 3.47. The first-order chi connectivity index (χ1) is 6.90. The fraction of sp³-hybridized carbons (Fsp3) is 1.00. The minimum atomic E-state index is 0.893. The summed E-state index contributed by atoms with van der Waals surface area (Å²) in [5, 5.41) is 3.47. The molecule has 2 saturated heterocycles. The van der Waals surface area contributed by atoms with Crippen molar-refractivity contribution in [3.8, 4) is 0 Å². The third kappa shape index (κ3) is 2.48. The van der Waals surface area contributed by atoms with E-state index < -0.39 is 0 Å². The molecule has 0 aromatic carbocycles. The molecule has 14 heavy (non-hydrogen) atoms. The van der Waals surface area contributed by atoms with Crippen molar-refractivity contribution in [2.24, 2.45) is 5.92 Å². The molecule has 2 fully saturated rings. The van der Waals surface area contributed by atoms with Crippen LogP contribution in [0.1, 0.15) is 39.0 Å². The van der Waals surface area contributed by atoms with Crippen molar-refractivity contribution in [2.75, 3.05) is 26.2 Å². The number of likely N-dealkylation sites (tertiary alicyclic amines) is 1. The molecule has 2 atom stereocenters. The summed E-state index contributed by atoms with van der Waals surface area (Å²) in [6.07, 6.45) is 7.07. The fourth-order valence-electron chi connectivity index (χ4n) is 2.96. The summed E-state index contributed by atoms with van der Waals surface area (Å²) in [6, 6.07) is 0.893. The quantitative estimate of drug-likeness (QED) is 0.741. The Morgan fingerprint density at radius 1 is 1.29 bits per heavy atom. The number of nitrogens with one attached hydrogen (secondary N) is 1. The van der Waals surface area contributed by atoms with Gasteiger partial charge in [0.25, 0.3) is 0 Å². The summed E-state index contributed by atoms with van der Waals surface area (Å²) >= 11 is 0. The highest BCUT2D eigenvalue weighted by Gasteiger charge is 2.24. The van der Waals surface area contributed by atoms with Crippen molar-refractivity contribution < 1.29 is 0 Å². The van der Waals surface area contributed by atoms with Gasteiger partial charge in [-0.3, -0.25) is 0 Å². The Hall–Kier alpha value is -0.0800. The van der Waals surface area contributed by atoms with Gasteiger partial charge in [-0.05, 0) is 51.2 Å². The van der Waals surface area contributed by atoms with Gasteiger partial charge in [0.05, 0.1) is 0 Å². The minimum absolute atomic E-state index is 0.893. The van der Waals surface area contributed by atoms with Crippen molar-refractivity contribution in [3.05, 3.63) is 0 Å². The molecule has 0 aromatic rings. The smallest absolute Gasteiger partial charge is 0.00927 e. The Kier molecular flexibility index (Phi) is 3.82. The summed E-state index contributed by atoms with van der Waals surface area (Å²) in [6.45, 7) is 7.55. The van der Waals surface area contributed by atoms with Crippen LogP contribution in [0, 0.1) is 5.92 Å². The average molecular weight is 196 g/mol. The van der Waals surface area contributed by atoms with Gasteiger partial charge in [-0.2, -0.15) is 0 Å². The van der Waals surface area contributed by atoms with Gasteiger partial charge in [0.15, 0.2) is 0 Å². The maximum absolute atomic E-state index is 3.47. The van der Waals surface area contributed by atoms with Crippen molar-refractivity contribution >= 4 is 0 Å². The molecule has 0 bridgehead atoms. The van der Waals surface area contributed by atoms with Gasteiger partial charge in [-0.1, -0.05) is 13.3 Å². The minimum Gasteiger partial charge on any atom is -0.316 e. The highest BCUT2D eigenvalue weighted by Crippen LogP contribution is 2.22. The predicted octanol–water partition coefficient (Wildman–Crippen LogP) is 1.86. The van der Waals surface area contributed by atoms with Gasteiger partial charge in [0.1, 0.15) is 0 Å². The van der Waals surface area contributed by atoms with Crippen LogP contribution >= 0.6 is 0 Å². The summed E-state index contributed by atoms with van der Waals surface area (Å²) in [5.74, 6) is 0.933. The molecule has 2 rings (SSSR count). The van der Waals surface area contributed by atoms with Crippen molar-refractivity contribution in [1.29, 1.82) is 0 Å². The van der Waals surface area contributed by atoms with Gasteiger partial charge in [-0.25, -0.2) is 0 Å². The molecule has 2 nitrogen and oxygen atoms in total. The monoisotopic (exact) mass is 196 g/mol. The molecular formula is C12H24N2. The standard InChI is InChI=1S/C12H24N2/c1-2-12-5-3-4-8-14(12)10-11-6-7-13-9-11/h11-13H,2-10H2,1H3/t11-,12-/m1/s1. The van der Waals surface area contributed by atoms with Crippen LogP contribution in [0.2, 0.25) is 0 Å². The lowest BCUT2D eigenvalue weighted by molar-refractivity contribution is 0.125. The van der Waals surface area contributed by atoms with Gasteiger partial charge in [-0.15, -0.1) is 0 Å². The van der Waals surface area contributed by atoms with Crippen LogP contribution in [0.25, 0.3) is 0 Å². The van der Waals surface area contributed by atoms with E-state index in [0.29, 0.717) is 0 Å². The van der Waals surface area contributed by atoms with Crippen LogP contribution in [0.3, 0.4) is 0 Å². The first-order valence-electron chi connectivity index (χ1n) is 6.35. The molecule has 2 heteroatoms. The second-order valence-corrected chi connectivity index (χ2v) is 4.91. The third-order valence-electron chi connectivity index (χ3n) is 3.88. The maximum Gasteiger partial charge on any atom is 0.00927 e. The molecule has 2 heterocycles. The van der Waals surface area contributed by atoms with Crippen molar-refractivity contribution in [3.63, 3.8) is 0 Å². The molecular weight excluding hydrogens is 172 g/mol. The highest BCUT2D eigenvalue weighted by atomic mass is 15.2. The van der Waals surface area contributed by atoms with E-state index in [1.807, 2.05) is 0 Å². The van der Waals surface area contributed by atoms with Gasteiger partial charge >= 0.3 is 0 Å². The molecule has 2 aliphatic rings. The van der Waals surface area contributed by atoms with Crippen molar-refractivity contribution in [1.82, 2.24) is 10.2 Å². The molecule has 82 valence electrons. The summed E-state index contributed by atoms with van der Waals surface area (Å²) < 4.78 is 0. The Labute approximate surface area is 88.1 Å². The van der Waals surface area contributed by atoms with Crippen LogP contribution in [0.5, 0.6) is 0 Å². The molecule has 0 spiro atoms. The van der Waals surface area contributed by atoms with E-state index in [2.05, 4.69) is 17.1 Å². The lowest BCUT2D eigenvalue weighted by Gasteiger charge is -2.36. The number of hydrogen-bond donors (Lipinski definition) is 1. The largest absolute Gasteiger partial charge is 0.316 e. The number of nitrogens with zero attached hydrogens (tertiary/aromatic N) is 1. The first kappa shape index (κ1) is 10.4. The molecule has 1 N–H and O–H groups in total. The number of hydrogen-bond acceptors (Lipinski definition) is 2. The van der Waals surface area contributed by atoms with E-state index in [0.717, 1.165) is 12.0 Å². The SMILES string of the molecule is CC[C@@H]1CCCCN1C[C@@H]1CCNC1. The highest BCUT2D eigenvalue weighted by molar-refractivity contribution is 4.81. The summed E-state index contributed by atoms with van der Waals surface area (Å²) in [5.41, 5.74) is 0. The van der Waals surface area contributed by atoms with Gasteiger partial charge < -0.3 is 10.2 Å². The van der Waals surface area contributed by atoms with E-state index >= 15 is 0 Å². The number of piperidine rings is 1. The van der Waals surface area contributed by atoms with E-state index in [1.165, 1.54) is 58.3 Å². The Morgan fingerprint density at radius 2 is 2.21 bits per heavy atom. The molecule has 0 aliphatic carbocycles. The number of rotatable bonds is 3. The zero-order valence-electron chi connectivity index (χ0n) is 9.47. The zero-order valence-corrected chi connectivity index (χ0v) is 9.47. The van der Waals surface area contributed by atoms with Gasteiger partial charge in [0, 0.05) is 12.6 Å². The normalized spacial score (nSPS) is 34.9. The molecule has 2 aliphatic heterocycles. The van der Waals surface area contributed by atoms with Crippen LogP contribution in [0.15, 0.2) is 0 Å². The van der Waals surface area contributed by atoms with E-state index in [1.54, 1.807) is 0 Å². The van der Waals surface area contributed by atoms with Crippen LogP contribution in [-0.2, 0) is 0 Å². The van der Waals surface area contributed by atoms with Crippen LogP contribution in [0.4, 0.5) is 0 Å². The molecule has 0 amide bonds. The van der Waals surface area contributed by atoms with E-state index in [9.17, 15) is 0 Å².